The van der Waals surface area contributed by atoms with Gasteiger partial charge in [0.2, 0.25) is 0 Å². The van der Waals surface area contributed by atoms with Gasteiger partial charge in [0, 0.05) is 22.5 Å². The lowest BCUT2D eigenvalue weighted by molar-refractivity contribution is 0.0600. The lowest BCUT2D eigenvalue weighted by Gasteiger charge is -2.08. The second kappa shape index (κ2) is 8.29. The maximum atomic E-state index is 12.4. The highest BCUT2D eigenvalue weighted by Crippen LogP contribution is 2.18. The maximum absolute atomic E-state index is 12.4. The summed E-state index contributed by atoms with van der Waals surface area (Å²) in [6, 6.07) is 15.0. The number of hydrogen-bond donors (Lipinski definition) is 2. The van der Waals surface area contributed by atoms with Crippen molar-refractivity contribution in [3.05, 3.63) is 77.2 Å². The van der Waals surface area contributed by atoms with Crippen molar-refractivity contribution in [1.29, 1.82) is 0 Å². The van der Waals surface area contributed by atoms with E-state index in [1.807, 2.05) is 0 Å². The first-order valence-electron chi connectivity index (χ1n) is 7.89. The molecular formula is C19H15ClN4O3. The Balaban J connectivity index is 1.71. The van der Waals surface area contributed by atoms with Gasteiger partial charge in [-0.1, -0.05) is 17.7 Å². The number of halogens is 1. The number of benzene rings is 2. The average Bonchev–Trinajstić information content (AvgIpc) is 2.68. The van der Waals surface area contributed by atoms with Crippen molar-refractivity contribution in [2.45, 2.75) is 0 Å². The predicted octanol–water partition coefficient (Wildman–Crippen LogP) is 3.91. The minimum atomic E-state index is -0.413. The molecule has 0 saturated heterocycles. The first kappa shape index (κ1) is 18.3. The van der Waals surface area contributed by atoms with Gasteiger partial charge in [-0.3, -0.25) is 4.79 Å². The fourth-order valence-electron chi connectivity index (χ4n) is 2.27. The van der Waals surface area contributed by atoms with Gasteiger partial charge in [-0.25, -0.2) is 14.8 Å². The highest BCUT2D eigenvalue weighted by molar-refractivity contribution is 6.30. The van der Waals surface area contributed by atoms with E-state index in [-0.39, 0.29) is 11.6 Å². The van der Waals surface area contributed by atoms with Crippen molar-refractivity contribution in [2.24, 2.45) is 0 Å². The van der Waals surface area contributed by atoms with Gasteiger partial charge in [-0.2, -0.15) is 0 Å². The predicted molar refractivity (Wildman–Crippen MR) is 103 cm³/mol. The fourth-order valence-corrected chi connectivity index (χ4v) is 2.46. The minimum absolute atomic E-state index is 0.193. The van der Waals surface area contributed by atoms with Crippen LogP contribution in [-0.4, -0.2) is 29.0 Å². The molecule has 1 aromatic heterocycles. The van der Waals surface area contributed by atoms with E-state index >= 15 is 0 Å². The van der Waals surface area contributed by atoms with Crippen molar-refractivity contribution >= 4 is 40.7 Å². The van der Waals surface area contributed by atoms with Crippen LogP contribution < -0.4 is 10.6 Å². The summed E-state index contributed by atoms with van der Waals surface area (Å²) in [5.41, 5.74) is 1.90. The zero-order chi connectivity index (χ0) is 19.2. The minimum Gasteiger partial charge on any atom is -0.465 e. The largest absolute Gasteiger partial charge is 0.465 e. The Morgan fingerprint density at radius 3 is 2.48 bits per heavy atom. The second-order valence-corrected chi connectivity index (χ2v) is 5.88. The Kier molecular flexibility index (Phi) is 5.63. The number of methoxy groups -OCH3 is 1. The average molecular weight is 383 g/mol. The Labute approximate surface area is 160 Å². The van der Waals surface area contributed by atoms with Crippen LogP contribution in [0.15, 0.2) is 60.9 Å². The number of ether oxygens (including phenoxy) is 1. The molecule has 3 aromatic rings. The number of hydrogen-bond acceptors (Lipinski definition) is 6. The van der Waals surface area contributed by atoms with Gasteiger partial charge in [-0.15, -0.1) is 0 Å². The first-order valence-corrected chi connectivity index (χ1v) is 8.27. The van der Waals surface area contributed by atoms with Crippen LogP contribution in [0.5, 0.6) is 0 Å². The number of carbonyl (C=O) groups is 2. The van der Waals surface area contributed by atoms with Crippen LogP contribution in [0.1, 0.15) is 20.8 Å². The van der Waals surface area contributed by atoms with Crippen molar-refractivity contribution in [3.63, 3.8) is 0 Å². The number of anilines is 3. The van der Waals surface area contributed by atoms with E-state index in [1.54, 1.807) is 48.5 Å². The summed E-state index contributed by atoms with van der Waals surface area (Å²) in [6.07, 6.45) is 1.29. The van der Waals surface area contributed by atoms with Crippen LogP contribution in [0.25, 0.3) is 0 Å². The third-order valence-electron chi connectivity index (χ3n) is 3.56. The van der Waals surface area contributed by atoms with Crippen molar-refractivity contribution in [3.8, 4) is 0 Å². The topological polar surface area (TPSA) is 93.2 Å². The van der Waals surface area contributed by atoms with Crippen LogP contribution in [0.3, 0.4) is 0 Å². The molecule has 0 spiro atoms. The molecule has 0 aliphatic rings. The molecule has 8 heteroatoms. The molecule has 136 valence electrons. The number of aromatic nitrogens is 2. The molecule has 0 atom stereocenters. The van der Waals surface area contributed by atoms with E-state index in [1.165, 1.54) is 19.5 Å². The summed E-state index contributed by atoms with van der Waals surface area (Å²) in [6.45, 7) is 0. The van der Waals surface area contributed by atoms with E-state index in [0.717, 1.165) is 0 Å². The Bertz CT molecular complexity index is 977. The van der Waals surface area contributed by atoms with Gasteiger partial charge in [-0.05, 0) is 42.5 Å². The lowest BCUT2D eigenvalue weighted by atomic mass is 10.2. The fraction of sp³-hybridized carbons (Fsp3) is 0.0526. The summed E-state index contributed by atoms with van der Waals surface area (Å²) in [5.74, 6) is -0.362. The summed E-state index contributed by atoms with van der Waals surface area (Å²) in [4.78, 5) is 31.9. The zero-order valence-electron chi connectivity index (χ0n) is 14.3. The van der Waals surface area contributed by atoms with Crippen LogP contribution in [-0.2, 0) is 4.74 Å². The molecule has 1 heterocycles. The highest BCUT2D eigenvalue weighted by atomic mass is 35.5. The molecule has 0 fully saturated rings. The third-order valence-corrected chi connectivity index (χ3v) is 3.80. The van der Waals surface area contributed by atoms with Gasteiger partial charge in [0.25, 0.3) is 5.91 Å². The van der Waals surface area contributed by atoms with E-state index in [4.69, 9.17) is 11.6 Å². The maximum Gasteiger partial charge on any atom is 0.337 e. The molecule has 0 unspecified atom stereocenters. The lowest BCUT2D eigenvalue weighted by Crippen LogP contribution is -2.14. The van der Waals surface area contributed by atoms with Gasteiger partial charge < -0.3 is 15.4 Å². The van der Waals surface area contributed by atoms with Crippen molar-refractivity contribution in [2.75, 3.05) is 17.7 Å². The Morgan fingerprint density at radius 1 is 1.00 bits per heavy atom. The summed E-state index contributed by atoms with van der Waals surface area (Å²) in [5, 5.41) is 6.30. The van der Waals surface area contributed by atoms with E-state index in [2.05, 4.69) is 25.3 Å². The number of amides is 1. The number of rotatable bonds is 5. The first-order chi connectivity index (χ1) is 13.0. The van der Waals surface area contributed by atoms with Crippen LogP contribution in [0.4, 0.5) is 17.2 Å². The van der Waals surface area contributed by atoms with Crippen LogP contribution >= 0.6 is 11.6 Å². The zero-order valence-corrected chi connectivity index (χ0v) is 15.0. The summed E-state index contributed by atoms with van der Waals surface area (Å²) < 4.78 is 4.66. The smallest absolute Gasteiger partial charge is 0.337 e. The molecule has 0 saturated carbocycles. The molecule has 2 aromatic carbocycles. The molecule has 0 aliphatic heterocycles. The summed E-state index contributed by atoms with van der Waals surface area (Å²) in [7, 11) is 1.32. The Morgan fingerprint density at radius 2 is 1.78 bits per heavy atom. The van der Waals surface area contributed by atoms with E-state index in [0.29, 0.717) is 27.8 Å². The molecule has 2 N–H and O–H groups in total. The number of carbonyl (C=O) groups excluding carboxylic acids is 2. The van der Waals surface area contributed by atoms with Gasteiger partial charge >= 0.3 is 5.97 Å². The highest BCUT2D eigenvalue weighted by Gasteiger charge is 2.10. The Hall–Kier alpha value is -3.45. The van der Waals surface area contributed by atoms with Crippen molar-refractivity contribution in [1.82, 2.24) is 9.97 Å². The molecule has 0 radical (unpaired) electrons. The molecule has 1 amide bonds. The van der Waals surface area contributed by atoms with Gasteiger partial charge in [0.05, 0.1) is 12.7 Å². The second-order valence-electron chi connectivity index (χ2n) is 5.45. The molecular weight excluding hydrogens is 368 g/mol. The molecule has 7 nitrogen and oxygen atoms in total. The molecule has 27 heavy (non-hydrogen) atoms. The SMILES string of the molecule is COC(=O)c1ccc(Nc2cc(C(=O)Nc3cccc(Cl)c3)ncn2)cc1. The standard InChI is InChI=1S/C19H15ClN4O3/c1-27-19(26)12-5-7-14(8-6-12)23-17-10-16(21-11-22-17)18(25)24-15-4-2-3-13(20)9-15/h2-11H,1H3,(H,24,25)(H,21,22,23). The normalized spacial score (nSPS) is 10.1. The molecule has 0 bridgehead atoms. The molecule has 3 rings (SSSR count). The number of nitrogens with zero attached hydrogens (tertiary/aromatic N) is 2. The monoisotopic (exact) mass is 382 g/mol. The van der Waals surface area contributed by atoms with Gasteiger partial charge in [0.15, 0.2) is 0 Å². The quantitative estimate of drug-likeness (QED) is 0.650. The van der Waals surface area contributed by atoms with Crippen LogP contribution in [0, 0.1) is 0 Å². The third kappa shape index (κ3) is 4.80. The molecule has 0 aliphatic carbocycles. The van der Waals surface area contributed by atoms with E-state index < -0.39 is 5.97 Å². The van der Waals surface area contributed by atoms with Gasteiger partial charge in [0.1, 0.15) is 17.8 Å². The summed E-state index contributed by atoms with van der Waals surface area (Å²) >= 11 is 5.91. The number of nitrogens with one attached hydrogen (secondary N) is 2. The van der Waals surface area contributed by atoms with Crippen molar-refractivity contribution < 1.29 is 14.3 Å². The van der Waals surface area contributed by atoms with E-state index in [9.17, 15) is 9.59 Å². The number of esters is 1. The van der Waals surface area contributed by atoms with Crippen LogP contribution in [0.2, 0.25) is 5.02 Å².